The van der Waals surface area contributed by atoms with E-state index in [1.54, 1.807) is 30.3 Å². The van der Waals surface area contributed by atoms with E-state index in [-0.39, 0.29) is 18.7 Å². The van der Waals surface area contributed by atoms with Crippen LogP contribution in [-0.2, 0) is 6.54 Å². The van der Waals surface area contributed by atoms with E-state index >= 15 is 0 Å². The van der Waals surface area contributed by atoms with Gasteiger partial charge in [-0.3, -0.25) is 4.79 Å². The Bertz CT molecular complexity index is 1170. The van der Waals surface area contributed by atoms with Crippen LogP contribution in [0.4, 0.5) is 0 Å². The van der Waals surface area contributed by atoms with Crippen molar-refractivity contribution in [3.05, 3.63) is 94.2 Å². The standard InChI is InChI=1S/C23H19ClN2O3/c24-17-10-12-19(13-11-17)29-15-18(27)14-26-23(28)21-9-5-4-8-20(21)22(25-26)16-6-2-1-3-7-16/h1-13,18,27H,14-15H2/t18-/m0/s1. The van der Waals surface area contributed by atoms with Crippen molar-refractivity contribution in [2.45, 2.75) is 12.6 Å². The van der Waals surface area contributed by atoms with Gasteiger partial charge in [0.05, 0.1) is 17.6 Å². The van der Waals surface area contributed by atoms with Crippen molar-refractivity contribution in [2.75, 3.05) is 6.61 Å². The van der Waals surface area contributed by atoms with Gasteiger partial charge in [-0.15, -0.1) is 0 Å². The van der Waals surface area contributed by atoms with Gasteiger partial charge in [-0.25, -0.2) is 4.68 Å². The number of fused-ring (bicyclic) bond motifs is 1. The molecule has 0 saturated carbocycles. The summed E-state index contributed by atoms with van der Waals surface area (Å²) in [6, 6.07) is 23.9. The van der Waals surface area contributed by atoms with Crippen molar-refractivity contribution < 1.29 is 9.84 Å². The van der Waals surface area contributed by atoms with Crippen molar-refractivity contribution >= 4 is 22.4 Å². The van der Waals surface area contributed by atoms with Crippen LogP contribution in [0.2, 0.25) is 5.02 Å². The molecule has 3 aromatic carbocycles. The average molecular weight is 407 g/mol. The van der Waals surface area contributed by atoms with Gasteiger partial charge in [0, 0.05) is 16.0 Å². The summed E-state index contributed by atoms with van der Waals surface area (Å²) in [5.41, 5.74) is 1.36. The third kappa shape index (κ3) is 4.31. The van der Waals surface area contributed by atoms with Crippen LogP contribution in [0.5, 0.6) is 5.75 Å². The smallest absolute Gasteiger partial charge is 0.274 e. The van der Waals surface area contributed by atoms with Gasteiger partial charge >= 0.3 is 0 Å². The van der Waals surface area contributed by atoms with Crippen LogP contribution in [-0.4, -0.2) is 27.6 Å². The minimum atomic E-state index is -0.902. The number of hydrogen-bond donors (Lipinski definition) is 1. The molecule has 0 aliphatic carbocycles. The lowest BCUT2D eigenvalue weighted by molar-refractivity contribution is 0.0882. The van der Waals surface area contributed by atoms with Gasteiger partial charge < -0.3 is 9.84 Å². The molecule has 0 radical (unpaired) electrons. The maximum Gasteiger partial charge on any atom is 0.274 e. The molecular weight excluding hydrogens is 388 g/mol. The lowest BCUT2D eigenvalue weighted by Crippen LogP contribution is -2.32. The summed E-state index contributed by atoms with van der Waals surface area (Å²) in [6.07, 6.45) is -0.902. The first-order valence-electron chi connectivity index (χ1n) is 9.23. The zero-order chi connectivity index (χ0) is 20.2. The zero-order valence-electron chi connectivity index (χ0n) is 15.5. The van der Waals surface area contributed by atoms with Gasteiger partial charge in [-0.1, -0.05) is 60.1 Å². The summed E-state index contributed by atoms with van der Waals surface area (Å²) in [4.78, 5) is 12.9. The summed E-state index contributed by atoms with van der Waals surface area (Å²) in [6.45, 7) is 0.0559. The number of halogens is 1. The fourth-order valence-corrected chi connectivity index (χ4v) is 3.27. The lowest BCUT2D eigenvalue weighted by atomic mass is 10.1. The molecule has 0 saturated heterocycles. The average Bonchev–Trinajstić information content (AvgIpc) is 2.76. The SMILES string of the molecule is O=c1c2ccccc2c(-c2ccccc2)nn1C[C@H](O)COc1ccc(Cl)cc1. The fraction of sp³-hybridized carbons (Fsp3) is 0.130. The summed E-state index contributed by atoms with van der Waals surface area (Å²) in [5, 5.41) is 16.9. The van der Waals surface area contributed by atoms with Gasteiger partial charge in [-0.05, 0) is 30.3 Å². The van der Waals surface area contributed by atoms with Crippen LogP contribution in [0, 0.1) is 0 Å². The minimum absolute atomic E-state index is 0.0249. The van der Waals surface area contributed by atoms with E-state index in [2.05, 4.69) is 5.10 Å². The number of nitrogens with zero attached hydrogens (tertiary/aromatic N) is 2. The Hall–Kier alpha value is -3.15. The van der Waals surface area contributed by atoms with Crippen molar-refractivity contribution in [2.24, 2.45) is 0 Å². The van der Waals surface area contributed by atoms with Crippen molar-refractivity contribution in [1.29, 1.82) is 0 Å². The number of ether oxygens (including phenoxy) is 1. The molecule has 1 heterocycles. The maximum absolute atomic E-state index is 12.9. The van der Waals surface area contributed by atoms with E-state index in [1.165, 1.54) is 4.68 Å². The number of benzene rings is 3. The van der Waals surface area contributed by atoms with E-state index in [9.17, 15) is 9.90 Å². The number of aliphatic hydroxyl groups excluding tert-OH is 1. The Morgan fingerprint density at radius 1 is 0.931 bits per heavy atom. The predicted molar refractivity (Wildman–Crippen MR) is 114 cm³/mol. The summed E-state index contributed by atoms with van der Waals surface area (Å²) >= 11 is 5.86. The van der Waals surface area contributed by atoms with Gasteiger partial charge in [-0.2, -0.15) is 5.10 Å². The number of aliphatic hydroxyl groups is 1. The first-order chi connectivity index (χ1) is 14.1. The molecule has 5 nitrogen and oxygen atoms in total. The zero-order valence-corrected chi connectivity index (χ0v) is 16.3. The highest BCUT2D eigenvalue weighted by Crippen LogP contribution is 2.24. The molecule has 29 heavy (non-hydrogen) atoms. The van der Waals surface area contributed by atoms with E-state index in [1.807, 2.05) is 48.5 Å². The number of aromatic nitrogens is 2. The molecule has 1 N–H and O–H groups in total. The Labute approximate surface area is 172 Å². The molecule has 0 bridgehead atoms. The Morgan fingerprint density at radius 3 is 2.31 bits per heavy atom. The highest BCUT2D eigenvalue weighted by molar-refractivity contribution is 6.30. The maximum atomic E-state index is 12.9. The molecule has 0 aliphatic rings. The van der Waals surface area contributed by atoms with E-state index in [4.69, 9.17) is 16.3 Å². The molecule has 0 aliphatic heterocycles. The van der Waals surface area contributed by atoms with Gasteiger partial charge in [0.15, 0.2) is 0 Å². The number of hydrogen-bond acceptors (Lipinski definition) is 4. The predicted octanol–water partition coefficient (Wildman–Crippen LogP) is 4.16. The Kier molecular flexibility index (Phi) is 5.60. The second-order valence-corrected chi connectivity index (χ2v) is 7.10. The normalized spacial score (nSPS) is 12.1. The van der Waals surface area contributed by atoms with Gasteiger partial charge in [0.2, 0.25) is 0 Å². The molecule has 6 heteroatoms. The monoisotopic (exact) mass is 406 g/mol. The molecule has 0 fully saturated rings. The van der Waals surface area contributed by atoms with Gasteiger partial charge in [0.25, 0.3) is 5.56 Å². The number of rotatable bonds is 6. The molecule has 0 spiro atoms. The molecular formula is C23H19ClN2O3. The van der Waals surface area contributed by atoms with Crippen LogP contribution in [0.3, 0.4) is 0 Å². The molecule has 0 amide bonds. The quantitative estimate of drug-likeness (QED) is 0.522. The summed E-state index contributed by atoms with van der Waals surface area (Å²) < 4.78 is 6.89. The molecule has 0 unspecified atom stereocenters. The van der Waals surface area contributed by atoms with Crippen LogP contribution in [0.1, 0.15) is 0 Å². The highest BCUT2D eigenvalue weighted by atomic mass is 35.5. The first kappa shape index (κ1) is 19.2. The Morgan fingerprint density at radius 2 is 1.59 bits per heavy atom. The van der Waals surface area contributed by atoms with Crippen LogP contribution in [0.15, 0.2) is 83.7 Å². The minimum Gasteiger partial charge on any atom is -0.491 e. The van der Waals surface area contributed by atoms with Crippen molar-refractivity contribution in [3.63, 3.8) is 0 Å². The molecule has 1 aromatic heterocycles. The highest BCUT2D eigenvalue weighted by Gasteiger charge is 2.15. The summed E-state index contributed by atoms with van der Waals surface area (Å²) in [5.74, 6) is 0.595. The molecule has 4 rings (SSSR count). The van der Waals surface area contributed by atoms with Crippen molar-refractivity contribution in [3.8, 4) is 17.0 Å². The molecule has 1 atom stereocenters. The van der Waals surface area contributed by atoms with Crippen LogP contribution >= 0.6 is 11.6 Å². The van der Waals surface area contributed by atoms with E-state index in [0.717, 1.165) is 10.9 Å². The third-order valence-corrected chi connectivity index (χ3v) is 4.81. The largest absolute Gasteiger partial charge is 0.491 e. The molecule has 146 valence electrons. The van der Waals surface area contributed by atoms with E-state index in [0.29, 0.717) is 21.9 Å². The fourth-order valence-electron chi connectivity index (χ4n) is 3.14. The topological polar surface area (TPSA) is 64.4 Å². The van der Waals surface area contributed by atoms with E-state index < -0.39 is 6.10 Å². The second kappa shape index (κ2) is 8.47. The third-order valence-electron chi connectivity index (χ3n) is 4.55. The lowest BCUT2D eigenvalue weighted by Gasteiger charge is -2.15. The first-order valence-corrected chi connectivity index (χ1v) is 9.61. The van der Waals surface area contributed by atoms with Crippen LogP contribution < -0.4 is 10.3 Å². The van der Waals surface area contributed by atoms with Crippen LogP contribution in [0.25, 0.3) is 22.0 Å². The second-order valence-electron chi connectivity index (χ2n) is 6.67. The Balaban J connectivity index is 1.62. The summed E-state index contributed by atoms with van der Waals surface area (Å²) in [7, 11) is 0. The molecule has 4 aromatic rings. The van der Waals surface area contributed by atoms with Gasteiger partial charge in [0.1, 0.15) is 18.5 Å². The van der Waals surface area contributed by atoms with Crippen molar-refractivity contribution in [1.82, 2.24) is 9.78 Å².